The van der Waals surface area contributed by atoms with Crippen LogP contribution < -0.4 is 5.32 Å². The van der Waals surface area contributed by atoms with Crippen LogP contribution in [0.15, 0.2) is 53.4 Å². The predicted molar refractivity (Wildman–Crippen MR) is 87.2 cm³/mol. The molecule has 0 spiro atoms. The smallest absolute Gasteiger partial charge is 0.226 e. The summed E-state index contributed by atoms with van der Waals surface area (Å²) in [4.78, 5) is 12.1. The molecule has 0 radical (unpaired) electrons. The number of carbonyl (C=O) groups is 1. The molecule has 0 saturated carbocycles. The third kappa shape index (κ3) is 2.33. The van der Waals surface area contributed by atoms with Crippen LogP contribution in [0.3, 0.4) is 0 Å². The maximum Gasteiger partial charge on any atom is 0.226 e. The van der Waals surface area contributed by atoms with Crippen LogP contribution >= 0.6 is 11.3 Å². The average molecular weight is 309 g/mol. The number of benzene rings is 1. The number of fused-ring (bicyclic) bond motifs is 1. The molecule has 1 N–H and O–H groups in total. The minimum absolute atomic E-state index is 0.0542. The third-order valence-corrected chi connectivity index (χ3v) is 4.71. The van der Waals surface area contributed by atoms with Gasteiger partial charge in [-0.05, 0) is 28.0 Å². The van der Waals surface area contributed by atoms with Gasteiger partial charge in [-0.3, -0.25) is 4.79 Å². The van der Waals surface area contributed by atoms with Gasteiger partial charge in [0.1, 0.15) is 5.82 Å². The minimum Gasteiger partial charge on any atom is -0.311 e. The second-order valence-electron chi connectivity index (χ2n) is 5.45. The molecule has 1 aromatic carbocycles. The van der Waals surface area contributed by atoms with Crippen molar-refractivity contribution in [1.82, 2.24) is 9.78 Å². The number of hydrogen-bond acceptors (Lipinski definition) is 3. The van der Waals surface area contributed by atoms with E-state index in [-0.39, 0.29) is 11.8 Å². The average Bonchev–Trinajstić information content (AvgIpc) is 3.18. The van der Waals surface area contributed by atoms with Crippen LogP contribution in [-0.2, 0) is 11.3 Å². The summed E-state index contributed by atoms with van der Waals surface area (Å²) in [5.74, 6) is 0.995. The standard InChI is InChI=1S/C17H15N3OS/c21-16-8-14(13-6-7-22-11-13)15-9-18-20(17(15)19-16)10-12-4-2-1-3-5-12/h1-7,9,11,14H,8,10H2,(H,19,21). The van der Waals surface area contributed by atoms with Gasteiger partial charge < -0.3 is 5.32 Å². The van der Waals surface area contributed by atoms with Crippen molar-refractivity contribution in [3.8, 4) is 0 Å². The van der Waals surface area contributed by atoms with Crippen LogP contribution in [0, 0.1) is 0 Å². The number of hydrogen-bond donors (Lipinski definition) is 1. The lowest BCUT2D eigenvalue weighted by Crippen LogP contribution is -2.24. The number of amides is 1. The lowest BCUT2D eigenvalue weighted by Gasteiger charge is -2.23. The van der Waals surface area contributed by atoms with Crippen LogP contribution in [0.2, 0.25) is 0 Å². The Hall–Kier alpha value is -2.40. The van der Waals surface area contributed by atoms with E-state index in [2.05, 4.69) is 39.4 Å². The highest BCUT2D eigenvalue weighted by molar-refractivity contribution is 7.08. The Bertz CT molecular complexity index is 793. The van der Waals surface area contributed by atoms with Crippen molar-refractivity contribution in [3.05, 3.63) is 70.0 Å². The first kappa shape index (κ1) is 13.3. The molecule has 0 bridgehead atoms. The molecule has 4 rings (SSSR count). The lowest BCUT2D eigenvalue weighted by atomic mass is 9.89. The highest BCUT2D eigenvalue weighted by Crippen LogP contribution is 2.37. The number of rotatable bonds is 3. The van der Waals surface area contributed by atoms with Crippen LogP contribution in [0.5, 0.6) is 0 Å². The summed E-state index contributed by atoms with van der Waals surface area (Å²) >= 11 is 1.66. The van der Waals surface area contributed by atoms with Crippen LogP contribution in [0.25, 0.3) is 0 Å². The van der Waals surface area contributed by atoms with E-state index in [0.717, 1.165) is 11.4 Å². The topological polar surface area (TPSA) is 46.9 Å². The number of nitrogens with zero attached hydrogens (tertiary/aromatic N) is 2. The van der Waals surface area contributed by atoms with Crippen molar-refractivity contribution < 1.29 is 4.79 Å². The zero-order valence-electron chi connectivity index (χ0n) is 11.9. The number of carbonyl (C=O) groups excluding carboxylic acids is 1. The van der Waals surface area contributed by atoms with Crippen LogP contribution in [0.1, 0.15) is 29.0 Å². The Morgan fingerprint density at radius 1 is 1.27 bits per heavy atom. The SMILES string of the molecule is O=C1CC(c2ccsc2)c2cnn(Cc3ccccc3)c2N1. The largest absolute Gasteiger partial charge is 0.311 e. The second-order valence-corrected chi connectivity index (χ2v) is 6.23. The number of thiophene rings is 1. The fourth-order valence-corrected chi connectivity index (χ4v) is 3.63. The van der Waals surface area contributed by atoms with E-state index in [1.54, 1.807) is 11.3 Å². The molecule has 110 valence electrons. The van der Waals surface area contributed by atoms with Crippen molar-refractivity contribution >= 4 is 23.1 Å². The number of anilines is 1. The molecule has 1 unspecified atom stereocenters. The van der Waals surface area contributed by atoms with Crippen molar-refractivity contribution in [2.75, 3.05) is 5.32 Å². The summed E-state index contributed by atoms with van der Waals surface area (Å²) in [6, 6.07) is 12.2. The second kappa shape index (κ2) is 5.42. The first-order valence-electron chi connectivity index (χ1n) is 7.23. The van der Waals surface area contributed by atoms with Gasteiger partial charge in [-0.15, -0.1) is 0 Å². The van der Waals surface area contributed by atoms with Crippen molar-refractivity contribution in [1.29, 1.82) is 0 Å². The summed E-state index contributed by atoms with van der Waals surface area (Å²) in [7, 11) is 0. The summed E-state index contributed by atoms with van der Waals surface area (Å²) in [5, 5.41) is 11.6. The summed E-state index contributed by atoms with van der Waals surface area (Å²) in [6.07, 6.45) is 2.38. The molecule has 0 fully saturated rings. The number of aromatic nitrogens is 2. The molecule has 1 aliphatic heterocycles. The van der Waals surface area contributed by atoms with E-state index in [9.17, 15) is 4.79 Å². The van der Waals surface area contributed by atoms with Gasteiger partial charge in [0, 0.05) is 17.9 Å². The van der Waals surface area contributed by atoms with Gasteiger partial charge in [0.25, 0.3) is 0 Å². The van der Waals surface area contributed by atoms with Gasteiger partial charge >= 0.3 is 0 Å². The zero-order valence-corrected chi connectivity index (χ0v) is 12.7. The third-order valence-electron chi connectivity index (χ3n) is 4.01. The Morgan fingerprint density at radius 3 is 2.91 bits per heavy atom. The Balaban J connectivity index is 1.71. The lowest BCUT2D eigenvalue weighted by molar-refractivity contribution is -0.116. The fraction of sp³-hybridized carbons (Fsp3) is 0.176. The Morgan fingerprint density at radius 2 is 2.14 bits per heavy atom. The first-order valence-corrected chi connectivity index (χ1v) is 8.17. The minimum atomic E-state index is 0.0542. The molecule has 4 nitrogen and oxygen atoms in total. The quantitative estimate of drug-likeness (QED) is 0.805. The first-order chi connectivity index (χ1) is 10.8. The van der Waals surface area contributed by atoms with E-state index in [1.807, 2.05) is 29.1 Å². The van der Waals surface area contributed by atoms with Gasteiger partial charge in [-0.25, -0.2) is 4.68 Å². The van der Waals surface area contributed by atoms with Crippen molar-refractivity contribution in [3.63, 3.8) is 0 Å². The zero-order chi connectivity index (χ0) is 14.9. The van der Waals surface area contributed by atoms with Crippen molar-refractivity contribution in [2.24, 2.45) is 0 Å². The molecule has 0 saturated heterocycles. The van der Waals surface area contributed by atoms with Gasteiger partial charge in [0.2, 0.25) is 5.91 Å². The molecule has 1 aliphatic rings. The molecule has 1 amide bonds. The molecule has 1 atom stereocenters. The van der Waals surface area contributed by atoms with E-state index in [4.69, 9.17) is 0 Å². The Kier molecular flexibility index (Phi) is 3.27. The summed E-state index contributed by atoms with van der Waals surface area (Å²) in [5.41, 5.74) is 3.47. The van der Waals surface area contributed by atoms with Gasteiger partial charge in [0.05, 0.1) is 12.7 Å². The van der Waals surface area contributed by atoms with Crippen molar-refractivity contribution in [2.45, 2.75) is 18.9 Å². The van der Waals surface area contributed by atoms with Gasteiger partial charge in [-0.2, -0.15) is 16.4 Å². The van der Waals surface area contributed by atoms with Gasteiger partial charge in [0.15, 0.2) is 0 Å². The fourth-order valence-electron chi connectivity index (χ4n) is 2.92. The summed E-state index contributed by atoms with van der Waals surface area (Å²) in [6.45, 7) is 0.660. The molecule has 3 aromatic rings. The highest BCUT2D eigenvalue weighted by atomic mass is 32.1. The normalized spacial score (nSPS) is 17.1. The molecular weight excluding hydrogens is 294 g/mol. The maximum atomic E-state index is 12.1. The van der Waals surface area contributed by atoms with Crippen LogP contribution in [0.4, 0.5) is 5.82 Å². The molecule has 22 heavy (non-hydrogen) atoms. The maximum absolute atomic E-state index is 12.1. The number of nitrogens with one attached hydrogen (secondary N) is 1. The van der Waals surface area contributed by atoms with E-state index < -0.39 is 0 Å². The molecule has 5 heteroatoms. The highest BCUT2D eigenvalue weighted by Gasteiger charge is 2.30. The molecule has 2 aromatic heterocycles. The molecule has 3 heterocycles. The van der Waals surface area contributed by atoms with E-state index in [0.29, 0.717) is 13.0 Å². The van der Waals surface area contributed by atoms with Gasteiger partial charge in [-0.1, -0.05) is 30.3 Å². The Labute approximate surface area is 132 Å². The van der Waals surface area contributed by atoms with E-state index in [1.165, 1.54) is 11.1 Å². The molecule has 0 aliphatic carbocycles. The molecular formula is C17H15N3OS. The summed E-state index contributed by atoms with van der Waals surface area (Å²) < 4.78 is 1.88. The monoisotopic (exact) mass is 309 g/mol. The van der Waals surface area contributed by atoms with E-state index >= 15 is 0 Å². The van der Waals surface area contributed by atoms with Crippen LogP contribution in [-0.4, -0.2) is 15.7 Å². The predicted octanol–water partition coefficient (Wildman–Crippen LogP) is 3.47.